The smallest absolute Gasteiger partial charge is 0.338 e. The highest BCUT2D eigenvalue weighted by Crippen LogP contribution is 2.31. The van der Waals surface area contributed by atoms with E-state index in [1.807, 2.05) is 13.0 Å². The molecule has 2 atom stereocenters. The third-order valence-electron chi connectivity index (χ3n) is 9.60. The molecule has 296 valence electrons. The normalized spacial score (nSPS) is 18.0. The summed E-state index contributed by atoms with van der Waals surface area (Å²) in [4.78, 5) is 13.1. The molecule has 0 aromatic heterocycles. The maximum absolute atomic E-state index is 13.1. The van der Waals surface area contributed by atoms with Crippen LogP contribution < -0.4 is 9.47 Å². The van der Waals surface area contributed by atoms with E-state index in [4.69, 9.17) is 33.2 Å². The summed E-state index contributed by atoms with van der Waals surface area (Å²) < 4.78 is 41.1. The number of hydrogen-bond acceptors (Lipinski definition) is 8. The summed E-state index contributed by atoms with van der Waals surface area (Å²) in [5, 5.41) is 0. The van der Waals surface area contributed by atoms with E-state index in [0.29, 0.717) is 50.1 Å². The number of carbonyl (C=O) groups is 1. The van der Waals surface area contributed by atoms with Crippen LogP contribution in [-0.2, 0) is 23.7 Å². The van der Waals surface area contributed by atoms with E-state index < -0.39 is 0 Å². The zero-order valence-corrected chi connectivity index (χ0v) is 32.9. The number of esters is 1. The first-order valence-electron chi connectivity index (χ1n) is 21.0. The molecular weight excluding hydrogens is 656 g/mol. The molecule has 2 aliphatic rings. The molecule has 52 heavy (non-hydrogen) atoms. The molecule has 0 saturated carbocycles. The summed E-state index contributed by atoms with van der Waals surface area (Å²) >= 11 is 0. The monoisotopic (exact) mass is 729 g/mol. The summed E-state index contributed by atoms with van der Waals surface area (Å²) in [7, 11) is 0. The number of benzene rings is 1. The second-order valence-electron chi connectivity index (χ2n) is 14.3. The Morgan fingerprint density at radius 3 is 1.69 bits per heavy atom. The largest absolute Gasteiger partial charge is 0.493 e. The second kappa shape index (κ2) is 30.0. The highest BCUT2D eigenvalue weighted by Gasteiger charge is 2.17. The van der Waals surface area contributed by atoms with Gasteiger partial charge in [-0.25, -0.2) is 4.79 Å². The molecule has 0 N–H and O–H groups in total. The molecule has 2 fully saturated rings. The standard InChI is InChI=1S/C44H72O8/c1-3-4-5-6-7-8-9-10-11-12-13-14-15-16-17-20-29-46-40-36-39(44(45)52-35-26-25-34-51-43-28-19-22-32-49-43)37-41(38(40)2)47-30-23-24-33-50-42-27-18-21-31-48-42/h7-8,10-11,36-37,42-43H,3-6,9,12-35H2,1-2H3. The predicted octanol–water partition coefficient (Wildman–Crippen LogP) is 11.4. The van der Waals surface area contributed by atoms with E-state index in [1.165, 1.54) is 57.8 Å². The van der Waals surface area contributed by atoms with Gasteiger partial charge >= 0.3 is 5.97 Å². The maximum atomic E-state index is 13.1. The predicted molar refractivity (Wildman–Crippen MR) is 209 cm³/mol. The fourth-order valence-electron chi connectivity index (χ4n) is 6.31. The Bertz CT molecular complexity index is 1090. The number of allylic oxidation sites excluding steroid dienone is 4. The first kappa shape index (κ1) is 44.0. The van der Waals surface area contributed by atoms with E-state index in [2.05, 4.69) is 31.2 Å². The van der Waals surface area contributed by atoms with Crippen LogP contribution in [0.5, 0.6) is 11.5 Å². The molecule has 0 radical (unpaired) electrons. The van der Waals surface area contributed by atoms with Crippen LogP contribution in [0.4, 0.5) is 0 Å². The molecule has 0 amide bonds. The first-order chi connectivity index (χ1) is 25.7. The molecule has 2 unspecified atom stereocenters. The highest BCUT2D eigenvalue weighted by molar-refractivity contribution is 5.90. The van der Waals surface area contributed by atoms with Gasteiger partial charge in [-0.15, -0.1) is 0 Å². The van der Waals surface area contributed by atoms with Gasteiger partial charge in [0.05, 0.1) is 25.4 Å². The molecule has 0 bridgehead atoms. The Balaban J connectivity index is 1.35. The summed E-state index contributed by atoms with van der Waals surface area (Å²) in [5.74, 6) is 0.991. The maximum Gasteiger partial charge on any atom is 0.338 e. The Morgan fingerprint density at radius 1 is 0.635 bits per heavy atom. The van der Waals surface area contributed by atoms with Crippen molar-refractivity contribution < 1.29 is 38.0 Å². The highest BCUT2D eigenvalue weighted by atomic mass is 16.7. The zero-order valence-electron chi connectivity index (χ0n) is 32.9. The lowest BCUT2D eigenvalue weighted by Gasteiger charge is -2.22. The average molecular weight is 729 g/mol. The molecule has 8 heteroatoms. The Morgan fingerprint density at radius 2 is 1.13 bits per heavy atom. The summed E-state index contributed by atoms with van der Waals surface area (Å²) in [5.41, 5.74) is 1.36. The van der Waals surface area contributed by atoms with Crippen molar-refractivity contribution in [3.63, 3.8) is 0 Å². The molecule has 0 aliphatic carbocycles. The van der Waals surface area contributed by atoms with Crippen LogP contribution in [0.25, 0.3) is 0 Å². The third-order valence-corrected chi connectivity index (χ3v) is 9.60. The van der Waals surface area contributed by atoms with E-state index in [1.54, 1.807) is 6.07 Å². The SMILES string of the molecule is CCCCCC=CCC=CCCCCCCCCOc1cc(C(=O)OCCCCOC2CCCCO2)cc(OCCCCOC2CCCCO2)c1C. The van der Waals surface area contributed by atoms with Crippen molar-refractivity contribution in [3.05, 3.63) is 47.6 Å². The van der Waals surface area contributed by atoms with Gasteiger partial charge in [-0.05, 0) is 122 Å². The minimum absolute atomic E-state index is 0.0671. The van der Waals surface area contributed by atoms with Crippen molar-refractivity contribution >= 4 is 5.97 Å². The summed E-state index contributed by atoms with van der Waals surface area (Å²) in [6, 6.07) is 3.60. The van der Waals surface area contributed by atoms with Gasteiger partial charge in [0.25, 0.3) is 0 Å². The molecule has 0 spiro atoms. The lowest BCUT2D eigenvalue weighted by molar-refractivity contribution is -0.163. The zero-order chi connectivity index (χ0) is 36.7. The Hall–Kier alpha value is -2.39. The van der Waals surface area contributed by atoms with Crippen LogP contribution >= 0.6 is 0 Å². The van der Waals surface area contributed by atoms with Crippen molar-refractivity contribution in [3.8, 4) is 11.5 Å². The van der Waals surface area contributed by atoms with Crippen LogP contribution in [-0.4, -0.2) is 64.8 Å². The molecule has 1 aromatic rings. The van der Waals surface area contributed by atoms with Crippen LogP contribution in [0.15, 0.2) is 36.4 Å². The lowest BCUT2D eigenvalue weighted by Crippen LogP contribution is -2.22. The number of ether oxygens (including phenoxy) is 7. The fraction of sp³-hybridized carbons (Fsp3) is 0.750. The minimum atomic E-state index is -0.360. The van der Waals surface area contributed by atoms with Gasteiger partial charge in [0.1, 0.15) is 11.5 Å². The fourth-order valence-corrected chi connectivity index (χ4v) is 6.31. The van der Waals surface area contributed by atoms with Gasteiger partial charge in [0.2, 0.25) is 0 Å². The van der Waals surface area contributed by atoms with Gasteiger partial charge in [0.15, 0.2) is 12.6 Å². The molecular formula is C44H72O8. The summed E-state index contributed by atoms with van der Waals surface area (Å²) in [6.07, 6.45) is 33.3. The third kappa shape index (κ3) is 20.7. The van der Waals surface area contributed by atoms with Crippen molar-refractivity contribution in [2.75, 3.05) is 46.2 Å². The van der Waals surface area contributed by atoms with Gasteiger partial charge in [-0.3, -0.25) is 0 Å². The Labute approximate surface area is 316 Å². The molecule has 3 rings (SSSR count). The average Bonchev–Trinajstić information content (AvgIpc) is 3.17. The van der Waals surface area contributed by atoms with Crippen LogP contribution in [0, 0.1) is 6.92 Å². The van der Waals surface area contributed by atoms with E-state index in [9.17, 15) is 4.79 Å². The van der Waals surface area contributed by atoms with Crippen LogP contribution in [0.1, 0.15) is 164 Å². The number of unbranched alkanes of at least 4 members (excludes halogenated alkanes) is 11. The van der Waals surface area contributed by atoms with Gasteiger partial charge in [0, 0.05) is 32.0 Å². The van der Waals surface area contributed by atoms with Gasteiger partial charge < -0.3 is 33.2 Å². The van der Waals surface area contributed by atoms with Crippen molar-refractivity contribution in [1.82, 2.24) is 0 Å². The van der Waals surface area contributed by atoms with Crippen molar-refractivity contribution in [2.45, 2.75) is 168 Å². The number of carbonyl (C=O) groups excluding carboxylic acids is 1. The van der Waals surface area contributed by atoms with E-state index in [-0.39, 0.29) is 18.5 Å². The molecule has 2 aliphatic heterocycles. The molecule has 8 nitrogen and oxygen atoms in total. The number of hydrogen-bond donors (Lipinski definition) is 0. The van der Waals surface area contributed by atoms with Crippen LogP contribution in [0.2, 0.25) is 0 Å². The van der Waals surface area contributed by atoms with E-state index in [0.717, 1.165) is 102 Å². The van der Waals surface area contributed by atoms with Crippen LogP contribution in [0.3, 0.4) is 0 Å². The summed E-state index contributed by atoms with van der Waals surface area (Å²) in [6.45, 7) is 8.55. The Kier molecular flexibility index (Phi) is 25.4. The molecule has 1 aromatic carbocycles. The van der Waals surface area contributed by atoms with Gasteiger partial charge in [-0.2, -0.15) is 0 Å². The molecule has 2 heterocycles. The first-order valence-corrected chi connectivity index (χ1v) is 21.0. The molecule has 2 saturated heterocycles. The number of rotatable bonds is 30. The quantitative estimate of drug-likeness (QED) is 0.0440. The lowest BCUT2D eigenvalue weighted by atomic mass is 10.1. The minimum Gasteiger partial charge on any atom is -0.493 e. The second-order valence-corrected chi connectivity index (χ2v) is 14.3. The van der Waals surface area contributed by atoms with E-state index >= 15 is 0 Å². The van der Waals surface area contributed by atoms with Crippen molar-refractivity contribution in [1.29, 1.82) is 0 Å². The topological polar surface area (TPSA) is 81.7 Å². The van der Waals surface area contributed by atoms with Crippen molar-refractivity contribution in [2.24, 2.45) is 0 Å². The van der Waals surface area contributed by atoms with Gasteiger partial charge in [-0.1, -0.05) is 69.8 Å².